The Morgan fingerprint density at radius 2 is 1.41 bits per heavy atom. The standard InChI is InChI=1S/C27H24N4O/c32-27(23-11-5-4-10-22(23)19-8-2-1-3-9-19)31-17-20-15-30(16-21(20)18-31)26-14-28-24-12-6-7-13-25(24)29-26/h1-14,20-21H,15-18H2. The molecule has 5 heteroatoms. The lowest BCUT2D eigenvalue weighted by Crippen LogP contribution is -2.33. The van der Waals surface area contributed by atoms with Crippen LogP contribution in [-0.2, 0) is 0 Å². The van der Waals surface area contributed by atoms with E-state index in [0.29, 0.717) is 11.8 Å². The Hall–Kier alpha value is -3.73. The van der Waals surface area contributed by atoms with Gasteiger partial charge in [-0.25, -0.2) is 4.98 Å². The first kappa shape index (κ1) is 19.0. The molecule has 6 rings (SSSR count). The Morgan fingerprint density at radius 1 is 0.750 bits per heavy atom. The Kier molecular flexibility index (Phi) is 4.60. The quantitative estimate of drug-likeness (QED) is 0.490. The molecule has 5 nitrogen and oxygen atoms in total. The lowest BCUT2D eigenvalue weighted by Gasteiger charge is -2.23. The summed E-state index contributed by atoms with van der Waals surface area (Å²) in [5.41, 5.74) is 4.72. The third kappa shape index (κ3) is 3.30. The monoisotopic (exact) mass is 420 g/mol. The van der Waals surface area contributed by atoms with E-state index in [1.807, 2.05) is 77.8 Å². The summed E-state index contributed by atoms with van der Waals surface area (Å²) in [5, 5.41) is 0. The molecule has 0 radical (unpaired) electrons. The molecule has 1 aromatic heterocycles. The van der Waals surface area contributed by atoms with Crippen molar-refractivity contribution in [2.75, 3.05) is 31.1 Å². The van der Waals surface area contributed by atoms with Crippen molar-refractivity contribution in [2.24, 2.45) is 11.8 Å². The van der Waals surface area contributed by atoms with Gasteiger partial charge >= 0.3 is 0 Å². The molecule has 3 heterocycles. The predicted molar refractivity (Wildman–Crippen MR) is 127 cm³/mol. The zero-order valence-corrected chi connectivity index (χ0v) is 17.8. The minimum Gasteiger partial charge on any atom is -0.355 e. The predicted octanol–water partition coefficient (Wildman–Crippen LogP) is 4.51. The number of fused-ring (bicyclic) bond motifs is 2. The molecule has 3 aromatic carbocycles. The summed E-state index contributed by atoms with van der Waals surface area (Å²) in [6, 6.07) is 26.1. The third-order valence-electron chi connectivity index (χ3n) is 6.78. The highest BCUT2D eigenvalue weighted by Gasteiger charge is 2.42. The van der Waals surface area contributed by atoms with Gasteiger partial charge in [0, 0.05) is 43.6 Å². The second kappa shape index (κ2) is 7.75. The number of carbonyl (C=O) groups is 1. The molecule has 2 aliphatic rings. The van der Waals surface area contributed by atoms with Gasteiger partial charge in [-0.05, 0) is 29.3 Å². The van der Waals surface area contributed by atoms with Crippen molar-refractivity contribution in [1.82, 2.24) is 14.9 Å². The van der Waals surface area contributed by atoms with Gasteiger partial charge in [0.25, 0.3) is 5.91 Å². The molecule has 2 unspecified atom stereocenters. The first-order valence-electron chi connectivity index (χ1n) is 11.2. The topological polar surface area (TPSA) is 49.3 Å². The summed E-state index contributed by atoms with van der Waals surface area (Å²) in [4.78, 5) is 27.2. The number of benzene rings is 3. The van der Waals surface area contributed by atoms with Crippen molar-refractivity contribution in [1.29, 1.82) is 0 Å². The Bertz CT molecular complexity index is 1280. The minimum absolute atomic E-state index is 0.135. The first-order valence-corrected chi connectivity index (χ1v) is 11.2. The van der Waals surface area contributed by atoms with Crippen LogP contribution in [0, 0.1) is 11.8 Å². The molecule has 0 spiro atoms. The van der Waals surface area contributed by atoms with Crippen LogP contribution in [-0.4, -0.2) is 47.0 Å². The Balaban J connectivity index is 1.19. The van der Waals surface area contributed by atoms with E-state index < -0.39 is 0 Å². The summed E-state index contributed by atoms with van der Waals surface area (Å²) in [6.45, 7) is 3.43. The Morgan fingerprint density at radius 3 is 2.19 bits per heavy atom. The minimum atomic E-state index is 0.135. The van der Waals surface area contributed by atoms with Gasteiger partial charge < -0.3 is 9.80 Å². The number of hydrogen-bond donors (Lipinski definition) is 0. The van der Waals surface area contributed by atoms with Crippen LogP contribution in [0.15, 0.2) is 85.1 Å². The maximum absolute atomic E-state index is 13.5. The zero-order chi connectivity index (χ0) is 21.5. The van der Waals surface area contributed by atoms with E-state index in [4.69, 9.17) is 4.98 Å². The summed E-state index contributed by atoms with van der Waals surface area (Å²) < 4.78 is 0. The van der Waals surface area contributed by atoms with E-state index >= 15 is 0 Å². The van der Waals surface area contributed by atoms with Gasteiger partial charge in [0.1, 0.15) is 5.82 Å². The Labute approximate surface area is 187 Å². The molecule has 4 aromatic rings. The van der Waals surface area contributed by atoms with Crippen LogP contribution in [0.1, 0.15) is 10.4 Å². The number of hydrogen-bond acceptors (Lipinski definition) is 4. The maximum atomic E-state index is 13.5. The highest BCUT2D eigenvalue weighted by Crippen LogP contribution is 2.35. The van der Waals surface area contributed by atoms with Crippen molar-refractivity contribution in [3.63, 3.8) is 0 Å². The van der Waals surface area contributed by atoms with Crippen molar-refractivity contribution >= 4 is 22.8 Å². The molecule has 2 aliphatic heterocycles. The molecule has 0 aliphatic carbocycles. The lowest BCUT2D eigenvalue weighted by molar-refractivity contribution is 0.0783. The third-order valence-corrected chi connectivity index (χ3v) is 6.78. The highest BCUT2D eigenvalue weighted by molar-refractivity contribution is 6.01. The average molecular weight is 421 g/mol. The van der Waals surface area contributed by atoms with Gasteiger partial charge in [-0.3, -0.25) is 9.78 Å². The van der Waals surface area contributed by atoms with Gasteiger partial charge in [0.2, 0.25) is 0 Å². The van der Waals surface area contributed by atoms with Crippen molar-refractivity contribution < 1.29 is 4.79 Å². The van der Waals surface area contributed by atoms with Crippen LogP contribution in [0.5, 0.6) is 0 Å². The SMILES string of the molecule is O=C(c1ccccc1-c1ccccc1)N1CC2CN(c3cnc4ccccc4n3)CC2C1. The molecule has 1 amide bonds. The average Bonchev–Trinajstić information content (AvgIpc) is 3.44. The van der Waals surface area contributed by atoms with Crippen LogP contribution in [0.2, 0.25) is 0 Å². The van der Waals surface area contributed by atoms with Crippen LogP contribution in [0.25, 0.3) is 22.2 Å². The first-order chi connectivity index (χ1) is 15.8. The van der Waals surface area contributed by atoms with E-state index in [0.717, 1.165) is 59.7 Å². The van der Waals surface area contributed by atoms with Gasteiger partial charge in [0.15, 0.2) is 0 Å². The van der Waals surface area contributed by atoms with E-state index in [-0.39, 0.29) is 5.91 Å². The largest absolute Gasteiger partial charge is 0.355 e. The number of carbonyl (C=O) groups excluding carboxylic acids is 1. The molecule has 0 saturated carbocycles. The molecule has 2 saturated heterocycles. The summed E-state index contributed by atoms with van der Waals surface area (Å²) in [6.07, 6.45) is 1.88. The molecule has 158 valence electrons. The van der Waals surface area contributed by atoms with Crippen LogP contribution in [0.4, 0.5) is 5.82 Å². The summed E-state index contributed by atoms with van der Waals surface area (Å²) in [5.74, 6) is 2.01. The fraction of sp³-hybridized carbons (Fsp3) is 0.222. The number of rotatable bonds is 3. The van der Waals surface area contributed by atoms with Gasteiger partial charge in [-0.15, -0.1) is 0 Å². The number of likely N-dealkylation sites (tertiary alicyclic amines) is 1. The normalized spacial score (nSPS) is 20.0. The summed E-state index contributed by atoms with van der Waals surface area (Å²) in [7, 11) is 0. The second-order valence-electron chi connectivity index (χ2n) is 8.76. The van der Waals surface area contributed by atoms with Gasteiger partial charge in [-0.2, -0.15) is 0 Å². The zero-order valence-electron chi connectivity index (χ0n) is 17.8. The highest BCUT2D eigenvalue weighted by atomic mass is 16.2. The van der Waals surface area contributed by atoms with E-state index in [1.165, 1.54) is 0 Å². The number of anilines is 1. The van der Waals surface area contributed by atoms with Crippen LogP contribution in [0.3, 0.4) is 0 Å². The molecular weight excluding hydrogens is 396 g/mol. The van der Waals surface area contributed by atoms with Crippen molar-refractivity contribution in [3.8, 4) is 11.1 Å². The van der Waals surface area contributed by atoms with Gasteiger partial charge in [-0.1, -0.05) is 60.7 Å². The molecule has 0 N–H and O–H groups in total. The number of nitrogens with zero attached hydrogens (tertiary/aromatic N) is 4. The molecule has 32 heavy (non-hydrogen) atoms. The number of amides is 1. The lowest BCUT2D eigenvalue weighted by atomic mass is 9.99. The molecule has 2 fully saturated rings. The van der Waals surface area contributed by atoms with Gasteiger partial charge in [0.05, 0.1) is 17.2 Å². The fourth-order valence-corrected chi connectivity index (χ4v) is 5.16. The summed E-state index contributed by atoms with van der Waals surface area (Å²) >= 11 is 0. The smallest absolute Gasteiger partial charge is 0.254 e. The van der Waals surface area contributed by atoms with Crippen LogP contribution < -0.4 is 4.90 Å². The van der Waals surface area contributed by atoms with Crippen LogP contribution >= 0.6 is 0 Å². The maximum Gasteiger partial charge on any atom is 0.254 e. The number of aromatic nitrogens is 2. The van der Waals surface area contributed by atoms with E-state index in [1.54, 1.807) is 0 Å². The second-order valence-corrected chi connectivity index (χ2v) is 8.76. The fourth-order valence-electron chi connectivity index (χ4n) is 5.16. The van der Waals surface area contributed by atoms with E-state index in [2.05, 4.69) is 22.0 Å². The van der Waals surface area contributed by atoms with Crippen molar-refractivity contribution in [2.45, 2.75) is 0 Å². The number of para-hydroxylation sites is 2. The molecular formula is C27H24N4O. The molecule has 2 atom stereocenters. The molecule has 0 bridgehead atoms. The van der Waals surface area contributed by atoms with Crippen molar-refractivity contribution in [3.05, 3.63) is 90.6 Å². The van der Waals surface area contributed by atoms with E-state index in [9.17, 15) is 4.79 Å².